The normalized spacial score (nSPS) is 31.1. The third-order valence-electron chi connectivity index (χ3n) is 4.15. The highest BCUT2D eigenvalue weighted by Gasteiger charge is 2.49. The maximum atomic E-state index is 12.3. The van der Waals surface area contributed by atoms with Crippen LogP contribution in [0, 0.1) is 5.41 Å². The van der Waals surface area contributed by atoms with Crippen LogP contribution in [0.25, 0.3) is 0 Å². The molecular formula is C16H29N3O6. The standard InChI is InChI=1S/C16H29N3O6/c1-8(13(17)23)18-14(24)16(25)5-9(12(22)10(20)6-16)19-11(21)7-15(2,3)4/h8-10,12,20,22,25H,5-7H2,1-4H3,(H2,17,23)(H,18,24)(H,19,21)/t8-,9+,10-,12-,16+/m1/s1. The van der Waals surface area contributed by atoms with Crippen molar-refractivity contribution in [3.8, 4) is 0 Å². The van der Waals surface area contributed by atoms with Crippen LogP contribution in [0.5, 0.6) is 0 Å². The van der Waals surface area contributed by atoms with E-state index in [2.05, 4.69) is 10.6 Å². The van der Waals surface area contributed by atoms with Crippen LogP contribution < -0.4 is 16.4 Å². The van der Waals surface area contributed by atoms with Crippen molar-refractivity contribution in [1.82, 2.24) is 10.6 Å². The molecule has 0 radical (unpaired) electrons. The number of hydrogen-bond donors (Lipinski definition) is 6. The summed E-state index contributed by atoms with van der Waals surface area (Å²) in [5.41, 5.74) is 2.75. The fourth-order valence-electron chi connectivity index (χ4n) is 2.77. The van der Waals surface area contributed by atoms with E-state index in [4.69, 9.17) is 5.73 Å². The summed E-state index contributed by atoms with van der Waals surface area (Å²) in [5.74, 6) is -2.03. The number of primary amides is 1. The highest BCUT2D eigenvalue weighted by Crippen LogP contribution is 2.30. The number of hydrogen-bond acceptors (Lipinski definition) is 6. The number of carbonyl (C=O) groups is 3. The van der Waals surface area contributed by atoms with Crippen LogP contribution in [-0.2, 0) is 14.4 Å². The number of nitrogens with two attached hydrogens (primary N) is 1. The molecule has 3 amide bonds. The molecule has 1 aliphatic rings. The van der Waals surface area contributed by atoms with Crippen molar-refractivity contribution in [2.75, 3.05) is 0 Å². The number of aliphatic hydroxyl groups is 3. The second kappa shape index (κ2) is 7.67. The SMILES string of the molecule is C[C@@H](NC(=O)[C@@]1(O)C[C@@H](O)[C@H](O)[C@@H](NC(=O)CC(C)(C)C)C1)C(N)=O. The van der Waals surface area contributed by atoms with E-state index in [1.807, 2.05) is 20.8 Å². The summed E-state index contributed by atoms with van der Waals surface area (Å²) >= 11 is 0. The molecule has 7 N–H and O–H groups in total. The van der Waals surface area contributed by atoms with Crippen LogP contribution >= 0.6 is 0 Å². The average Bonchev–Trinajstić information content (AvgIpc) is 2.41. The predicted molar refractivity (Wildman–Crippen MR) is 89.0 cm³/mol. The first-order chi connectivity index (χ1) is 11.2. The van der Waals surface area contributed by atoms with E-state index >= 15 is 0 Å². The lowest BCUT2D eigenvalue weighted by atomic mass is 9.77. The Bertz CT molecular complexity index is 532. The van der Waals surface area contributed by atoms with E-state index in [-0.39, 0.29) is 24.2 Å². The molecule has 0 bridgehead atoms. The van der Waals surface area contributed by atoms with Gasteiger partial charge in [-0.2, -0.15) is 0 Å². The molecule has 0 heterocycles. The van der Waals surface area contributed by atoms with E-state index in [9.17, 15) is 29.7 Å². The third-order valence-corrected chi connectivity index (χ3v) is 4.15. The van der Waals surface area contributed by atoms with E-state index < -0.39 is 48.1 Å². The first kappa shape index (κ1) is 21.3. The lowest BCUT2D eigenvalue weighted by molar-refractivity contribution is -0.160. The molecule has 0 aromatic rings. The number of amides is 3. The van der Waals surface area contributed by atoms with Crippen molar-refractivity contribution in [2.45, 2.75) is 76.9 Å². The van der Waals surface area contributed by atoms with Crippen molar-refractivity contribution in [2.24, 2.45) is 11.1 Å². The quantitative estimate of drug-likeness (QED) is 0.337. The molecule has 144 valence electrons. The smallest absolute Gasteiger partial charge is 0.252 e. The molecule has 0 aromatic carbocycles. The number of nitrogens with one attached hydrogen (secondary N) is 2. The van der Waals surface area contributed by atoms with Crippen molar-refractivity contribution < 1.29 is 29.7 Å². The highest BCUT2D eigenvalue weighted by molar-refractivity contribution is 5.90. The van der Waals surface area contributed by atoms with Crippen LogP contribution in [0.3, 0.4) is 0 Å². The fraction of sp³-hybridized carbons (Fsp3) is 0.812. The van der Waals surface area contributed by atoms with Gasteiger partial charge in [-0.25, -0.2) is 0 Å². The fourth-order valence-corrected chi connectivity index (χ4v) is 2.77. The van der Waals surface area contributed by atoms with Gasteiger partial charge in [-0.1, -0.05) is 20.8 Å². The number of rotatable bonds is 5. The molecule has 0 aliphatic heterocycles. The molecule has 25 heavy (non-hydrogen) atoms. The lowest BCUT2D eigenvalue weighted by Crippen LogP contribution is -2.64. The molecule has 1 aliphatic carbocycles. The van der Waals surface area contributed by atoms with Gasteiger partial charge in [0.25, 0.3) is 5.91 Å². The van der Waals surface area contributed by atoms with Crippen molar-refractivity contribution in [1.29, 1.82) is 0 Å². The van der Waals surface area contributed by atoms with Gasteiger partial charge in [-0.05, 0) is 12.3 Å². The molecule has 1 fully saturated rings. The molecule has 1 rings (SSSR count). The summed E-state index contributed by atoms with van der Waals surface area (Å²) in [7, 11) is 0. The summed E-state index contributed by atoms with van der Waals surface area (Å²) in [5, 5.41) is 35.5. The maximum absolute atomic E-state index is 12.3. The molecular weight excluding hydrogens is 330 g/mol. The second-order valence-electron chi connectivity index (χ2n) is 8.01. The van der Waals surface area contributed by atoms with Gasteiger partial charge < -0.3 is 31.7 Å². The average molecular weight is 359 g/mol. The van der Waals surface area contributed by atoms with Crippen molar-refractivity contribution in [3.63, 3.8) is 0 Å². The van der Waals surface area contributed by atoms with E-state index in [1.54, 1.807) is 0 Å². The van der Waals surface area contributed by atoms with Gasteiger partial charge in [-0.3, -0.25) is 14.4 Å². The Morgan fingerprint density at radius 1 is 1.24 bits per heavy atom. The molecule has 1 saturated carbocycles. The van der Waals surface area contributed by atoms with Gasteiger partial charge in [0, 0.05) is 19.3 Å². The molecule has 0 saturated heterocycles. The van der Waals surface area contributed by atoms with Gasteiger partial charge in [0.05, 0.1) is 12.1 Å². The van der Waals surface area contributed by atoms with Gasteiger partial charge in [0.2, 0.25) is 11.8 Å². The molecule has 5 atom stereocenters. The zero-order chi connectivity index (χ0) is 19.6. The highest BCUT2D eigenvalue weighted by atomic mass is 16.3. The summed E-state index contributed by atoms with van der Waals surface area (Å²) in [6.07, 6.45) is -3.26. The van der Waals surface area contributed by atoms with E-state index in [0.717, 1.165) is 0 Å². The van der Waals surface area contributed by atoms with Crippen LogP contribution in [0.15, 0.2) is 0 Å². The molecule has 0 aromatic heterocycles. The molecule has 0 spiro atoms. The Labute approximate surface area is 147 Å². The Balaban J connectivity index is 2.86. The summed E-state index contributed by atoms with van der Waals surface area (Å²) in [6, 6.07) is -2.01. The van der Waals surface area contributed by atoms with Gasteiger partial charge in [0.1, 0.15) is 17.7 Å². The minimum Gasteiger partial charge on any atom is -0.390 e. The Morgan fingerprint density at radius 2 is 1.80 bits per heavy atom. The van der Waals surface area contributed by atoms with Gasteiger partial charge >= 0.3 is 0 Å². The van der Waals surface area contributed by atoms with E-state index in [1.165, 1.54) is 6.92 Å². The summed E-state index contributed by atoms with van der Waals surface area (Å²) in [4.78, 5) is 35.4. The van der Waals surface area contributed by atoms with Crippen LogP contribution in [0.2, 0.25) is 0 Å². The molecule has 9 heteroatoms. The zero-order valence-corrected chi connectivity index (χ0v) is 15.1. The minimum absolute atomic E-state index is 0.176. The third kappa shape index (κ3) is 5.94. The van der Waals surface area contributed by atoms with Gasteiger partial charge in [0.15, 0.2) is 0 Å². The van der Waals surface area contributed by atoms with Crippen molar-refractivity contribution in [3.05, 3.63) is 0 Å². The van der Waals surface area contributed by atoms with E-state index in [0.29, 0.717) is 0 Å². The lowest BCUT2D eigenvalue weighted by Gasteiger charge is -2.42. The first-order valence-electron chi connectivity index (χ1n) is 8.23. The van der Waals surface area contributed by atoms with Crippen LogP contribution in [0.4, 0.5) is 0 Å². The first-order valence-corrected chi connectivity index (χ1v) is 8.23. The topological polar surface area (TPSA) is 162 Å². The predicted octanol–water partition coefficient (Wildman–Crippen LogP) is -1.86. The van der Waals surface area contributed by atoms with Crippen LogP contribution in [-0.4, -0.2) is 62.9 Å². The van der Waals surface area contributed by atoms with Gasteiger partial charge in [-0.15, -0.1) is 0 Å². The minimum atomic E-state index is -2.04. The maximum Gasteiger partial charge on any atom is 0.252 e. The Kier molecular flexibility index (Phi) is 6.55. The Morgan fingerprint density at radius 3 is 2.28 bits per heavy atom. The summed E-state index contributed by atoms with van der Waals surface area (Å²) in [6.45, 7) is 6.97. The second-order valence-corrected chi connectivity index (χ2v) is 8.01. The Hall–Kier alpha value is -1.71. The zero-order valence-electron chi connectivity index (χ0n) is 15.1. The summed E-state index contributed by atoms with van der Waals surface area (Å²) < 4.78 is 0. The van der Waals surface area contributed by atoms with Crippen molar-refractivity contribution >= 4 is 17.7 Å². The monoisotopic (exact) mass is 359 g/mol. The van der Waals surface area contributed by atoms with Crippen LogP contribution in [0.1, 0.15) is 47.0 Å². The number of carbonyl (C=O) groups excluding carboxylic acids is 3. The largest absolute Gasteiger partial charge is 0.390 e. The number of aliphatic hydroxyl groups excluding tert-OH is 2. The molecule has 0 unspecified atom stereocenters. The molecule has 9 nitrogen and oxygen atoms in total.